The van der Waals surface area contributed by atoms with E-state index in [4.69, 9.17) is 37.4 Å². The van der Waals surface area contributed by atoms with Crippen LogP contribution in [0.5, 0.6) is 17.2 Å². The molecular formula is C26H20Cl2N4O6. The number of H-pyrrole nitrogens is 1. The number of halogens is 2. The molecule has 12 heteroatoms. The number of benzene rings is 3. The SMILES string of the molecule is O=c1cnn(-c2cc(Cl)c(Oc3ccc(O)c(C(Cc4ccccc4)NC4=COCO4)c3)c(Cl)c2)c(=O)[nH]1. The number of aromatic nitrogens is 3. The van der Waals surface area contributed by atoms with Gasteiger partial charge in [0.25, 0.3) is 5.56 Å². The smallest absolute Gasteiger partial charge is 0.349 e. The van der Waals surface area contributed by atoms with Crippen LogP contribution in [0, 0.1) is 0 Å². The topological polar surface area (TPSA) is 128 Å². The van der Waals surface area contributed by atoms with Crippen molar-refractivity contribution in [2.24, 2.45) is 0 Å². The molecule has 0 spiro atoms. The number of nitrogens with zero attached hydrogens (tertiary/aromatic N) is 2. The molecule has 10 nitrogen and oxygen atoms in total. The first-order valence-corrected chi connectivity index (χ1v) is 12.1. The maximum atomic E-state index is 12.1. The highest BCUT2D eigenvalue weighted by atomic mass is 35.5. The van der Waals surface area contributed by atoms with Crippen LogP contribution in [0.25, 0.3) is 5.69 Å². The fraction of sp³-hybridized carbons (Fsp3) is 0.115. The molecule has 3 aromatic carbocycles. The number of phenols is 1. The summed E-state index contributed by atoms with van der Waals surface area (Å²) in [5, 5.41) is 18.0. The van der Waals surface area contributed by atoms with Gasteiger partial charge in [0.1, 0.15) is 24.0 Å². The van der Waals surface area contributed by atoms with Gasteiger partial charge in [-0.2, -0.15) is 9.78 Å². The second kappa shape index (κ2) is 10.9. The van der Waals surface area contributed by atoms with Gasteiger partial charge in [-0.05, 0) is 42.3 Å². The van der Waals surface area contributed by atoms with Gasteiger partial charge >= 0.3 is 5.69 Å². The Morgan fingerprint density at radius 2 is 1.87 bits per heavy atom. The number of nitrogens with one attached hydrogen (secondary N) is 2. The van der Waals surface area contributed by atoms with E-state index in [1.54, 1.807) is 12.1 Å². The molecule has 1 aliphatic rings. The van der Waals surface area contributed by atoms with Crippen molar-refractivity contribution in [2.75, 3.05) is 6.79 Å². The zero-order valence-corrected chi connectivity index (χ0v) is 21.1. The van der Waals surface area contributed by atoms with E-state index in [0.717, 1.165) is 16.4 Å². The zero-order chi connectivity index (χ0) is 26.6. The Labute approximate surface area is 225 Å². The molecule has 1 unspecified atom stereocenters. The molecular weight excluding hydrogens is 535 g/mol. The van der Waals surface area contributed by atoms with Gasteiger partial charge in [0, 0.05) is 5.56 Å². The molecule has 0 bridgehead atoms. The van der Waals surface area contributed by atoms with Gasteiger partial charge in [0.2, 0.25) is 12.7 Å². The number of aromatic hydroxyl groups is 1. The van der Waals surface area contributed by atoms with Crippen LogP contribution < -0.4 is 21.3 Å². The van der Waals surface area contributed by atoms with Crippen LogP contribution in [0.2, 0.25) is 10.0 Å². The average Bonchev–Trinajstić information content (AvgIpc) is 3.40. The fourth-order valence-corrected chi connectivity index (χ4v) is 4.43. The molecule has 1 aliphatic heterocycles. The summed E-state index contributed by atoms with van der Waals surface area (Å²) in [6.45, 7) is 0.100. The van der Waals surface area contributed by atoms with E-state index in [1.807, 2.05) is 30.3 Å². The standard InChI is InChI=1S/C26H20Cl2N4O6/c27-19-9-16(32-26(35)31-23(34)12-29-32)10-20(28)25(19)38-17-6-7-22(33)18(11-17)21(30-24-13-36-14-37-24)8-15-4-2-1-3-5-15/h1-7,9-13,21,30,33H,8,14H2,(H,31,34,35). The molecule has 1 atom stereocenters. The van der Waals surface area contributed by atoms with Crippen LogP contribution in [0.4, 0.5) is 0 Å². The van der Waals surface area contributed by atoms with Crippen molar-refractivity contribution in [2.45, 2.75) is 12.5 Å². The minimum Gasteiger partial charge on any atom is -0.508 e. The van der Waals surface area contributed by atoms with E-state index in [9.17, 15) is 14.7 Å². The molecule has 3 N–H and O–H groups in total. The lowest BCUT2D eigenvalue weighted by Gasteiger charge is -2.22. The minimum atomic E-state index is -0.745. The lowest BCUT2D eigenvalue weighted by Crippen LogP contribution is -2.30. The Hall–Kier alpha value is -4.41. The predicted octanol–water partition coefficient (Wildman–Crippen LogP) is 4.40. The van der Waals surface area contributed by atoms with Gasteiger partial charge in [-0.1, -0.05) is 53.5 Å². The van der Waals surface area contributed by atoms with Crippen LogP contribution in [-0.4, -0.2) is 26.7 Å². The lowest BCUT2D eigenvalue weighted by atomic mass is 9.97. The molecule has 1 aromatic heterocycles. The van der Waals surface area contributed by atoms with Gasteiger partial charge in [-0.3, -0.25) is 9.78 Å². The van der Waals surface area contributed by atoms with Gasteiger partial charge in [0.05, 0.1) is 21.8 Å². The Kier molecular flexibility index (Phi) is 7.25. The molecule has 2 heterocycles. The van der Waals surface area contributed by atoms with E-state index in [0.29, 0.717) is 23.6 Å². The second-order valence-corrected chi connectivity index (χ2v) is 9.02. The number of rotatable bonds is 8. The highest BCUT2D eigenvalue weighted by Gasteiger charge is 2.21. The normalized spacial score (nSPS) is 13.3. The third-order valence-corrected chi connectivity index (χ3v) is 6.17. The van der Waals surface area contributed by atoms with Gasteiger partial charge in [0.15, 0.2) is 5.75 Å². The maximum absolute atomic E-state index is 12.1. The van der Waals surface area contributed by atoms with Crippen molar-refractivity contribution in [1.29, 1.82) is 0 Å². The maximum Gasteiger partial charge on any atom is 0.349 e. The van der Waals surface area contributed by atoms with Crippen LogP contribution >= 0.6 is 23.2 Å². The summed E-state index contributed by atoms with van der Waals surface area (Å²) in [5.41, 5.74) is 0.429. The third kappa shape index (κ3) is 5.61. The van der Waals surface area contributed by atoms with E-state index in [2.05, 4.69) is 15.4 Å². The molecule has 0 saturated carbocycles. The van der Waals surface area contributed by atoms with Gasteiger partial charge in [-0.15, -0.1) is 0 Å². The average molecular weight is 555 g/mol. The molecule has 38 heavy (non-hydrogen) atoms. The summed E-state index contributed by atoms with van der Waals surface area (Å²) in [6.07, 6.45) is 2.96. The van der Waals surface area contributed by atoms with E-state index >= 15 is 0 Å². The summed E-state index contributed by atoms with van der Waals surface area (Å²) >= 11 is 12.9. The van der Waals surface area contributed by atoms with Gasteiger partial charge < -0.3 is 24.6 Å². The number of aromatic amines is 1. The Balaban J connectivity index is 1.46. The minimum absolute atomic E-state index is 0.0429. The molecule has 4 aromatic rings. The van der Waals surface area contributed by atoms with Crippen molar-refractivity contribution in [1.82, 2.24) is 20.1 Å². The van der Waals surface area contributed by atoms with Crippen LogP contribution in [0.15, 0.2) is 88.6 Å². The number of ether oxygens (including phenoxy) is 3. The van der Waals surface area contributed by atoms with Crippen molar-refractivity contribution in [3.8, 4) is 22.9 Å². The van der Waals surface area contributed by atoms with Crippen molar-refractivity contribution < 1.29 is 19.3 Å². The number of hydrogen-bond donors (Lipinski definition) is 3. The third-order valence-electron chi connectivity index (χ3n) is 5.61. The molecule has 194 valence electrons. The van der Waals surface area contributed by atoms with Crippen LogP contribution in [0.3, 0.4) is 0 Å². The van der Waals surface area contributed by atoms with Crippen molar-refractivity contribution in [3.63, 3.8) is 0 Å². The Morgan fingerprint density at radius 3 is 2.55 bits per heavy atom. The largest absolute Gasteiger partial charge is 0.508 e. The molecule has 0 fully saturated rings. The number of phenolic OH excluding ortho intramolecular Hbond substituents is 1. The lowest BCUT2D eigenvalue weighted by molar-refractivity contribution is 0.0725. The quantitative estimate of drug-likeness (QED) is 0.292. The predicted molar refractivity (Wildman–Crippen MR) is 140 cm³/mol. The molecule has 0 amide bonds. The summed E-state index contributed by atoms with van der Waals surface area (Å²) in [7, 11) is 0. The summed E-state index contributed by atoms with van der Waals surface area (Å²) in [6, 6.07) is 17.0. The van der Waals surface area contributed by atoms with E-state index in [-0.39, 0.29) is 34.0 Å². The van der Waals surface area contributed by atoms with E-state index in [1.165, 1.54) is 24.5 Å². The van der Waals surface area contributed by atoms with Crippen LogP contribution in [-0.2, 0) is 15.9 Å². The summed E-state index contributed by atoms with van der Waals surface area (Å²) in [5.74, 6) is 0.964. The second-order valence-electron chi connectivity index (χ2n) is 8.21. The zero-order valence-electron chi connectivity index (χ0n) is 19.6. The Morgan fingerprint density at radius 1 is 1.11 bits per heavy atom. The first-order chi connectivity index (χ1) is 18.4. The monoisotopic (exact) mass is 554 g/mol. The van der Waals surface area contributed by atoms with Crippen molar-refractivity contribution >= 4 is 23.2 Å². The van der Waals surface area contributed by atoms with E-state index < -0.39 is 17.3 Å². The molecule has 0 saturated heterocycles. The molecule has 0 radical (unpaired) electrons. The molecule has 5 rings (SSSR count). The Bertz CT molecular complexity index is 1600. The van der Waals surface area contributed by atoms with Crippen molar-refractivity contribution in [3.05, 3.63) is 121 Å². The molecule has 0 aliphatic carbocycles. The van der Waals surface area contributed by atoms with Gasteiger partial charge in [-0.25, -0.2) is 4.79 Å². The number of hydrogen-bond acceptors (Lipinski definition) is 8. The summed E-state index contributed by atoms with van der Waals surface area (Å²) < 4.78 is 17.5. The first kappa shape index (κ1) is 25.2. The fourth-order valence-electron chi connectivity index (χ4n) is 3.87. The van der Waals surface area contributed by atoms with Crippen LogP contribution in [0.1, 0.15) is 17.2 Å². The highest BCUT2D eigenvalue weighted by molar-refractivity contribution is 6.37. The highest BCUT2D eigenvalue weighted by Crippen LogP contribution is 2.40. The first-order valence-electron chi connectivity index (χ1n) is 11.3. The summed E-state index contributed by atoms with van der Waals surface area (Å²) in [4.78, 5) is 25.5.